The number of likely N-dealkylation sites (N-methyl/N-ethyl adjacent to an activating group) is 1. The van der Waals surface area contributed by atoms with Crippen LogP contribution in [0.2, 0.25) is 0 Å². The number of esters is 1. The van der Waals surface area contributed by atoms with E-state index in [0.29, 0.717) is 23.7 Å². The summed E-state index contributed by atoms with van der Waals surface area (Å²) in [6.07, 6.45) is 1.87. The highest BCUT2D eigenvalue weighted by molar-refractivity contribution is 7.99. The van der Waals surface area contributed by atoms with Crippen molar-refractivity contribution in [3.8, 4) is 28.4 Å². The zero-order chi connectivity index (χ0) is 26.4. The SMILES string of the molecule is COc1cccc(-n2cc(-c3ccccc3Sc3ccc(C(=O)OCC[N+](C)(C)C)cc3)nn2)c1OC. The molecule has 192 valence electrons. The molecule has 0 amide bonds. The van der Waals surface area contributed by atoms with Crippen LogP contribution in [0.15, 0.2) is 82.7 Å². The van der Waals surface area contributed by atoms with Crippen LogP contribution in [0.25, 0.3) is 16.9 Å². The molecule has 0 fully saturated rings. The topological polar surface area (TPSA) is 75.5 Å². The fraction of sp³-hybridized carbons (Fsp3) is 0.250. The molecule has 0 radical (unpaired) electrons. The minimum atomic E-state index is -0.310. The monoisotopic (exact) mass is 519 g/mol. The molecule has 0 unspecified atom stereocenters. The second-order valence-electron chi connectivity index (χ2n) is 9.33. The fourth-order valence-corrected chi connectivity index (χ4v) is 4.56. The summed E-state index contributed by atoms with van der Waals surface area (Å²) in [6.45, 7) is 1.14. The van der Waals surface area contributed by atoms with Crippen LogP contribution >= 0.6 is 11.8 Å². The van der Waals surface area contributed by atoms with Gasteiger partial charge in [-0.05, 0) is 42.5 Å². The van der Waals surface area contributed by atoms with E-state index in [0.717, 1.165) is 37.8 Å². The molecule has 4 rings (SSSR count). The second kappa shape index (κ2) is 11.5. The molecule has 1 aromatic heterocycles. The summed E-state index contributed by atoms with van der Waals surface area (Å²) < 4.78 is 18.8. The molecular formula is C28H31N4O4S+. The third-order valence-corrected chi connectivity index (χ3v) is 6.68. The van der Waals surface area contributed by atoms with E-state index in [9.17, 15) is 4.79 Å². The van der Waals surface area contributed by atoms with E-state index in [2.05, 4.69) is 31.5 Å². The van der Waals surface area contributed by atoms with Crippen molar-refractivity contribution in [1.82, 2.24) is 15.0 Å². The van der Waals surface area contributed by atoms with Gasteiger partial charge in [-0.15, -0.1) is 5.10 Å². The van der Waals surface area contributed by atoms with Crippen LogP contribution in [0, 0.1) is 0 Å². The Bertz CT molecular complexity index is 1360. The van der Waals surface area contributed by atoms with Gasteiger partial charge >= 0.3 is 5.97 Å². The Kier molecular flexibility index (Phi) is 8.15. The minimum absolute atomic E-state index is 0.310. The number of benzene rings is 3. The first kappa shape index (κ1) is 26.2. The molecule has 0 aliphatic carbocycles. The van der Waals surface area contributed by atoms with E-state index in [1.165, 1.54) is 0 Å². The molecule has 8 nitrogen and oxygen atoms in total. The van der Waals surface area contributed by atoms with Crippen LogP contribution in [0.3, 0.4) is 0 Å². The number of ether oxygens (including phenoxy) is 3. The van der Waals surface area contributed by atoms with E-state index in [-0.39, 0.29) is 5.97 Å². The summed E-state index contributed by atoms with van der Waals surface area (Å²) in [7, 11) is 9.39. The van der Waals surface area contributed by atoms with Crippen molar-refractivity contribution in [2.45, 2.75) is 9.79 Å². The van der Waals surface area contributed by atoms with E-state index in [4.69, 9.17) is 14.2 Å². The molecule has 1 heterocycles. The number of methoxy groups -OCH3 is 2. The largest absolute Gasteiger partial charge is 0.493 e. The van der Waals surface area contributed by atoms with Crippen molar-refractivity contribution in [2.75, 3.05) is 48.5 Å². The zero-order valence-electron chi connectivity index (χ0n) is 21.7. The molecular weight excluding hydrogens is 488 g/mol. The molecule has 3 aromatic carbocycles. The van der Waals surface area contributed by atoms with Gasteiger partial charge in [0.15, 0.2) is 11.5 Å². The normalized spacial score (nSPS) is 11.3. The first-order chi connectivity index (χ1) is 17.8. The third kappa shape index (κ3) is 6.49. The van der Waals surface area contributed by atoms with Crippen LogP contribution < -0.4 is 9.47 Å². The van der Waals surface area contributed by atoms with Crippen molar-refractivity contribution in [2.24, 2.45) is 0 Å². The van der Waals surface area contributed by atoms with E-state index < -0.39 is 0 Å². The number of rotatable bonds is 10. The number of nitrogens with zero attached hydrogens (tertiary/aromatic N) is 4. The molecule has 0 aliphatic rings. The highest BCUT2D eigenvalue weighted by atomic mass is 32.2. The van der Waals surface area contributed by atoms with Crippen LogP contribution in [-0.4, -0.2) is 74.0 Å². The van der Waals surface area contributed by atoms with Crippen LogP contribution in [-0.2, 0) is 4.74 Å². The Morgan fingerprint density at radius 3 is 2.41 bits per heavy atom. The standard InChI is InChI=1S/C28H31N4O4S/c1-32(2,3)17-18-36-28(33)20-13-15-21(16-14-20)37-26-12-7-6-9-22(26)23-19-31(30-29-23)24-10-8-11-25(34-4)27(24)35-5/h6-16,19H,17-18H2,1-5H3/q+1. The van der Waals surface area contributed by atoms with Crippen molar-refractivity contribution < 1.29 is 23.5 Å². The van der Waals surface area contributed by atoms with Gasteiger partial charge in [-0.3, -0.25) is 0 Å². The lowest BCUT2D eigenvalue weighted by Gasteiger charge is -2.23. The average molecular weight is 520 g/mol. The smallest absolute Gasteiger partial charge is 0.338 e. The van der Waals surface area contributed by atoms with Gasteiger partial charge in [0.2, 0.25) is 0 Å². The van der Waals surface area contributed by atoms with E-state index in [1.54, 1.807) is 42.8 Å². The Morgan fingerprint density at radius 1 is 0.946 bits per heavy atom. The van der Waals surface area contributed by atoms with Gasteiger partial charge in [0, 0.05) is 15.4 Å². The lowest BCUT2D eigenvalue weighted by atomic mass is 10.2. The fourth-order valence-electron chi connectivity index (χ4n) is 3.60. The Hall–Kier alpha value is -3.82. The second-order valence-corrected chi connectivity index (χ2v) is 10.4. The van der Waals surface area contributed by atoms with Crippen molar-refractivity contribution in [3.05, 3.63) is 78.5 Å². The molecule has 4 aromatic rings. The lowest BCUT2D eigenvalue weighted by molar-refractivity contribution is -0.870. The molecule has 0 saturated heterocycles. The highest BCUT2D eigenvalue weighted by Crippen LogP contribution is 2.37. The maximum absolute atomic E-state index is 12.4. The van der Waals surface area contributed by atoms with Crippen molar-refractivity contribution in [3.63, 3.8) is 0 Å². The minimum Gasteiger partial charge on any atom is -0.493 e. The van der Waals surface area contributed by atoms with Gasteiger partial charge in [-0.2, -0.15) is 0 Å². The number of carbonyl (C=O) groups is 1. The predicted octanol–water partition coefficient (Wildman–Crippen LogP) is 4.97. The van der Waals surface area contributed by atoms with Gasteiger partial charge in [-0.25, -0.2) is 9.48 Å². The molecule has 0 atom stereocenters. The van der Waals surface area contributed by atoms with Gasteiger partial charge in [0.1, 0.15) is 24.5 Å². The molecule has 37 heavy (non-hydrogen) atoms. The number of hydrogen-bond donors (Lipinski definition) is 0. The van der Waals surface area contributed by atoms with E-state index in [1.807, 2.05) is 60.8 Å². The summed E-state index contributed by atoms with van der Waals surface area (Å²) in [5.74, 6) is 0.892. The van der Waals surface area contributed by atoms with Gasteiger partial charge in [0.05, 0.1) is 47.1 Å². The maximum Gasteiger partial charge on any atom is 0.338 e. The number of para-hydroxylation sites is 1. The molecule has 0 spiro atoms. The van der Waals surface area contributed by atoms with Gasteiger partial charge in [-0.1, -0.05) is 41.2 Å². The summed E-state index contributed by atoms with van der Waals surface area (Å²) in [6, 6.07) is 21.1. The number of hydrogen-bond acceptors (Lipinski definition) is 7. The van der Waals surface area contributed by atoms with Gasteiger partial charge in [0.25, 0.3) is 0 Å². The third-order valence-electron chi connectivity index (χ3n) is 5.60. The average Bonchev–Trinajstić information content (AvgIpc) is 3.38. The van der Waals surface area contributed by atoms with Crippen LogP contribution in [0.1, 0.15) is 10.4 Å². The van der Waals surface area contributed by atoms with Crippen molar-refractivity contribution in [1.29, 1.82) is 0 Å². The van der Waals surface area contributed by atoms with Crippen LogP contribution in [0.5, 0.6) is 11.5 Å². The lowest BCUT2D eigenvalue weighted by Crippen LogP contribution is -2.38. The van der Waals surface area contributed by atoms with E-state index >= 15 is 0 Å². The first-order valence-corrected chi connectivity index (χ1v) is 12.6. The first-order valence-electron chi connectivity index (χ1n) is 11.8. The van der Waals surface area contributed by atoms with Gasteiger partial charge < -0.3 is 18.7 Å². The molecule has 0 bridgehead atoms. The summed E-state index contributed by atoms with van der Waals surface area (Å²) >= 11 is 1.59. The summed E-state index contributed by atoms with van der Waals surface area (Å²) in [4.78, 5) is 14.4. The summed E-state index contributed by atoms with van der Waals surface area (Å²) in [5, 5.41) is 8.75. The quantitative estimate of drug-likeness (QED) is 0.216. The molecule has 9 heteroatoms. The molecule has 0 saturated carbocycles. The summed E-state index contributed by atoms with van der Waals surface area (Å²) in [5.41, 5.74) is 2.94. The number of aromatic nitrogens is 3. The zero-order valence-corrected chi connectivity index (χ0v) is 22.5. The Morgan fingerprint density at radius 2 is 1.70 bits per heavy atom. The maximum atomic E-state index is 12.4. The molecule has 0 aliphatic heterocycles. The highest BCUT2D eigenvalue weighted by Gasteiger charge is 2.16. The Labute approximate surface area is 221 Å². The number of quaternary nitrogens is 1. The number of carbonyl (C=O) groups excluding carboxylic acids is 1. The van der Waals surface area contributed by atoms with Crippen LogP contribution in [0.4, 0.5) is 0 Å². The van der Waals surface area contributed by atoms with Crippen molar-refractivity contribution >= 4 is 17.7 Å². The molecule has 0 N–H and O–H groups in total. The predicted molar refractivity (Wildman–Crippen MR) is 144 cm³/mol. The Balaban J connectivity index is 1.51.